The van der Waals surface area contributed by atoms with Crippen molar-refractivity contribution in [3.63, 3.8) is 0 Å². The zero-order valence-electron chi connectivity index (χ0n) is 17.9. The summed E-state index contributed by atoms with van der Waals surface area (Å²) in [6, 6.07) is 7.20. The van der Waals surface area contributed by atoms with E-state index in [2.05, 4.69) is 0 Å². The number of Topliss-reactive ketones (excluding diaryl/α,β-unsaturated/α-hetero) is 1. The van der Waals surface area contributed by atoms with Crippen molar-refractivity contribution in [2.45, 2.75) is 44.9 Å². The van der Waals surface area contributed by atoms with Gasteiger partial charge in [-0.05, 0) is 51.2 Å². The first-order chi connectivity index (χ1) is 14.7. The minimum absolute atomic E-state index is 0.162. The topological polar surface area (TPSA) is 95.7 Å². The van der Waals surface area contributed by atoms with Crippen molar-refractivity contribution >= 4 is 16.7 Å². The average Bonchev–Trinajstić information content (AvgIpc) is 3.10. The molecule has 1 aliphatic carbocycles. The fourth-order valence-corrected chi connectivity index (χ4v) is 4.97. The molecule has 31 heavy (non-hydrogen) atoms. The highest BCUT2D eigenvalue weighted by atomic mass is 16.3. The number of rotatable bonds is 3. The van der Waals surface area contributed by atoms with Crippen LogP contribution in [-0.2, 0) is 29.9 Å². The number of nitrogens with zero attached hydrogens (tertiary/aromatic N) is 3. The van der Waals surface area contributed by atoms with E-state index in [1.54, 1.807) is 29.7 Å². The minimum atomic E-state index is -1.62. The number of phenolic OH excluding ortho intramolecular Hbond substituents is 1. The molecule has 3 aromatic rings. The van der Waals surface area contributed by atoms with Gasteiger partial charge >= 0.3 is 0 Å². The SMILES string of the molecule is CC[C@@]1(O)C(=O)CCc2c1cc1n(c2=O)Cc2cc3c(CN(C)C)c(O)ccc3nc2-1. The fraction of sp³-hybridized carbons (Fsp3) is 0.375. The number of fused-ring (bicyclic) bond motifs is 5. The first-order valence-electron chi connectivity index (χ1n) is 10.6. The number of aliphatic hydroxyl groups is 1. The maximum Gasteiger partial charge on any atom is 0.254 e. The van der Waals surface area contributed by atoms with Crippen LogP contribution in [0, 0.1) is 0 Å². The van der Waals surface area contributed by atoms with Gasteiger partial charge in [0, 0.05) is 40.6 Å². The monoisotopic (exact) mass is 419 g/mol. The van der Waals surface area contributed by atoms with Gasteiger partial charge in [0.15, 0.2) is 5.78 Å². The summed E-state index contributed by atoms with van der Waals surface area (Å²) in [5.41, 5.74) is 2.91. The van der Waals surface area contributed by atoms with E-state index < -0.39 is 5.60 Å². The molecule has 2 N–H and O–H groups in total. The van der Waals surface area contributed by atoms with Crippen LogP contribution < -0.4 is 5.56 Å². The Bertz CT molecular complexity index is 1320. The number of phenols is 1. The molecule has 0 bridgehead atoms. The maximum absolute atomic E-state index is 13.3. The summed E-state index contributed by atoms with van der Waals surface area (Å²) in [5, 5.41) is 22.3. The van der Waals surface area contributed by atoms with Crippen LogP contribution in [0.2, 0.25) is 0 Å². The molecule has 160 valence electrons. The van der Waals surface area contributed by atoms with Crippen LogP contribution in [-0.4, -0.2) is 44.5 Å². The molecule has 0 amide bonds. The van der Waals surface area contributed by atoms with E-state index in [9.17, 15) is 19.8 Å². The molecule has 7 heteroatoms. The van der Waals surface area contributed by atoms with Crippen molar-refractivity contribution < 1.29 is 15.0 Å². The quantitative estimate of drug-likeness (QED) is 0.529. The van der Waals surface area contributed by atoms with Crippen LogP contribution in [0.3, 0.4) is 0 Å². The summed E-state index contributed by atoms with van der Waals surface area (Å²) in [7, 11) is 3.88. The number of pyridine rings is 2. The Morgan fingerprint density at radius 1 is 1.19 bits per heavy atom. The Morgan fingerprint density at radius 2 is 1.97 bits per heavy atom. The number of carbonyl (C=O) groups is 1. The van der Waals surface area contributed by atoms with Crippen LogP contribution >= 0.6 is 0 Å². The highest BCUT2D eigenvalue weighted by molar-refractivity contribution is 5.92. The van der Waals surface area contributed by atoms with Gasteiger partial charge in [-0.2, -0.15) is 0 Å². The standard InChI is InChI=1S/C24H25N3O4/c1-4-24(31)17-10-19-22-13(11-27(19)23(30)14(17)5-8-21(24)29)9-15-16(12-26(2)3)20(28)7-6-18(15)25-22/h6-7,9-10,28,31H,4-5,8,11-12H2,1-3H3/t24-/m0/s1. The zero-order chi connectivity index (χ0) is 22.1. The van der Waals surface area contributed by atoms with Crippen molar-refractivity contribution in [2.75, 3.05) is 14.1 Å². The second-order valence-electron chi connectivity index (χ2n) is 8.81. The Labute approximate surface area is 179 Å². The third-order valence-corrected chi connectivity index (χ3v) is 6.63. The second kappa shape index (κ2) is 6.73. The number of hydrogen-bond acceptors (Lipinski definition) is 6. The number of hydrogen-bond donors (Lipinski definition) is 2. The summed E-state index contributed by atoms with van der Waals surface area (Å²) in [4.78, 5) is 32.6. The molecule has 3 heterocycles. The molecule has 0 fully saturated rings. The van der Waals surface area contributed by atoms with Gasteiger partial charge in [-0.25, -0.2) is 4.98 Å². The van der Waals surface area contributed by atoms with Gasteiger partial charge in [-0.15, -0.1) is 0 Å². The lowest BCUT2D eigenvalue weighted by Gasteiger charge is -2.32. The van der Waals surface area contributed by atoms with Gasteiger partial charge in [-0.3, -0.25) is 9.59 Å². The number of benzene rings is 1. The first-order valence-corrected chi connectivity index (χ1v) is 10.6. The Balaban J connectivity index is 1.75. The first kappa shape index (κ1) is 19.9. The van der Waals surface area contributed by atoms with Gasteiger partial charge < -0.3 is 19.7 Å². The molecule has 1 aliphatic heterocycles. The summed E-state index contributed by atoms with van der Waals surface area (Å²) in [6.07, 6.45) is 0.753. The van der Waals surface area contributed by atoms with Gasteiger partial charge in [0.1, 0.15) is 11.4 Å². The van der Waals surface area contributed by atoms with Gasteiger partial charge in [0.25, 0.3) is 5.56 Å². The lowest BCUT2D eigenvalue weighted by atomic mass is 9.77. The third-order valence-electron chi connectivity index (χ3n) is 6.63. The van der Waals surface area contributed by atoms with Crippen molar-refractivity contribution in [3.8, 4) is 17.1 Å². The van der Waals surface area contributed by atoms with Gasteiger partial charge in [0.05, 0.1) is 23.4 Å². The van der Waals surface area contributed by atoms with E-state index in [1.807, 2.05) is 25.1 Å². The molecule has 0 saturated heterocycles. The van der Waals surface area contributed by atoms with Crippen LogP contribution in [0.15, 0.2) is 29.1 Å². The van der Waals surface area contributed by atoms with E-state index in [0.29, 0.717) is 42.0 Å². The zero-order valence-corrected chi connectivity index (χ0v) is 17.9. The molecule has 5 rings (SSSR count). The molecule has 1 atom stereocenters. The van der Waals surface area contributed by atoms with Crippen molar-refractivity contribution in [1.29, 1.82) is 0 Å². The summed E-state index contributed by atoms with van der Waals surface area (Å²) in [5.74, 6) is -0.0158. The maximum atomic E-state index is 13.3. The molecule has 7 nitrogen and oxygen atoms in total. The van der Waals surface area contributed by atoms with Gasteiger partial charge in [-0.1, -0.05) is 6.92 Å². The van der Waals surface area contributed by atoms with Gasteiger partial charge in [0.2, 0.25) is 0 Å². The minimum Gasteiger partial charge on any atom is -0.508 e. The van der Waals surface area contributed by atoms with E-state index in [4.69, 9.17) is 4.98 Å². The fourth-order valence-electron chi connectivity index (χ4n) is 4.97. The largest absolute Gasteiger partial charge is 0.508 e. The molecule has 0 radical (unpaired) electrons. The smallest absolute Gasteiger partial charge is 0.254 e. The third kappa shape index (κ3) is 2.77. The van der Waals surface area contributed by atoms with Crippen LogP contribution in [0.5, 0.6) is 5.75 Å². The molecule has 0 spiro atoms. The van der Waals surface area contributed by atoms with Crippen molar-refractivity contribution in [2.24, 2.45) is 0 Å². The van der Waals surface area contributed by atoms with E-state index in [-0.39, 0.29) is 29.9 Å². The molecule has 0 saturated carbocycles. The van der Waals surface area contributed by atoms with E-state index in [1.165, 1.54) is 0 Å². The van der Waals surface area contributed by atoms with Crippen LogP contribution in [0.1, 0.15) is 42.0 Å². The lowest BCUT2D eigenvalue weighted by molar-refractivity contribution is -0.140. The molecule has 2 aliphatic rings. The van der Waals surface area contributed by atoms with Crippen LogP contribution in [0.4, 0.5) is 0 Å². The summed E-state index contributed by atoms with van der Waals surface area (Å²) in [6.45, 7) is 2.71. The summed E-state index contributed by atoms with van der Waals surface area (Å²) >= 11 is 0. The predicted molar refractivity (Wildman–Crippen MR) is 117 cm³/mol. The number of aromatic hydroxyl groups is 1. The molecule has 1 aromatic carbocycles. The normalized spacial score (nSPS) is 19.6. The van der Waals surface area contributed by atoms with Crippen molar-refractivity contribution in [1.82, 2.24) is 14.5 Å². The van der Waals surface area contributed by atoms with E-state index >= 15 is 0 Å². The second-order valence-corrected chi connectivity index (χ2v) is 8.81. The highest BCUT2D eigenvalue weighted by Gasteiger charge is 2.43. The highest BCUT2D eigenvalue weighted by Crippen LogP contribution is 2.40. The lowest BCUT2D eigenvalue weighted by Crippen LogP contribution is -2.43. The molecular weight excluding hydrogens is 394 g/mol. The van der Waals surface area contributed by atoms with Crippen LogP contribution in [0.25, 0.3) is 22.3 Å². The number of ketones is 1. The van der Waals surface area contributed by atoms with Crippen molar-refractivity contribution in [3.05, 3.63) is 56.9 Å². The molecule has 0 unspecified atom stereocenters. The number of carbonyl (C=O) groups excluding carboxylic acids is 1. The Morgan fingerprint density at radius 3 is 2.68 bits per heavy atom. The molecule has 2 aromatic heterocycles. The summed E-state index contributed by atoms with van der Waals surface area (Å²) < 4.78 is 1.69. The van der Waals surface area contributed by atoms with E-state index in [0.717, 1.165) is 22.0 Å². The Hall–Kier alpha value is -3.03. The Kier molecular flexibility index (Phi) is 4.32. The predicted octanol–water partition coefficient (Wildman–Crippen LogP) is 2.31. The average molecular weight is 419 g/mol. The molecular formula is C24H25N3O4. The number of aromatic nitrogens is 2.